The van der Waals surface area contributed by atoms with Crippen LogP contribution in [0.4, 0.5) is 0 Å². The van der Waals surface area contributed by atoms with Gasteiger partial charge in [0, 0.05) is 24.0 Å². The van der Waals surface area contributed by atoms with Crippen LogP contribution in [0.15, 0.2) is 29.9 Å². The molecule has 5 aliphatic rings. The molecule has 8 heteroatoms. The van der Waals surface area contributed by atoms with E-state index in [-0.39, 0.29) is 41.7 Å². The predicted molar refractivity (Wildman–Crippen MR) is 129 cm³/mol. The van der Waals surface area contributed by atoms with Crippen molar-refractivity contribution in [2.45, 2.75) is 79.7 Å². The van der Waals surface area contributed by atoms with Crippen molar-refractivity contribution in [2.75, 3.05) is 0 Å². The minimum atomic E-state index is -1.82. The van der Waals surface area contributed by atoms with E-state index in [1.165, 1.54) is 6.07 Å². The fraction of sp³-hybridized carbons (Fsp3) is 0.520. The van der Waals surface area contributed by atoms with E-state index in [1.54, 1.807) is 13.8 Å². The van der Waals surface area contributed by atoms with E-state index in [0.29, 0.717) is 18.4 Å². The maximum Gasteiger partial charge on any atom is 0.198 e. The van der Waals surface area contributed by atoms with Gasteiger partial charge in [0.15, 0.2) is 17.2 Å². The lowest BCUT2D eigenvalue weighted by Crippen LogP contribution is -2.72. The first kappa shape index (κ1) is 24.6. The molecule has 1 fully saturated rings. The fourth-order valence-electron chi connectivity index (χ4n) is 5.06. The highest BCUT2D eigenvalue weighted by Gasteiger charge is 2.70. The Bertz CT molecular complexity index is 1110. The smallest absolute Gasteiger partial charge is 0.198 e. The number of alkyl halides is 3. The van der Waals surface area contributed by atoms with Crippen LogP contribution in [0.5, 0.6) is 11.5 Å². The Balaban J connectivity index is 2.05. The summed E-state index contributed by atoms with van der Waals surface area (Å²) in [7, 11) is 0. The lowest BCUT2D eigenvalue weighted by atomic mass is 9.63. The number of carbonyl (C=O) groups is 2. The Labute approximate surface area is 208 Å². The number of hydrogen-bond acceptors (Lipinski definition) is 5. The van der Waals surface area contributed by atoms with E-state index in [4.69, 9.17) is 39.5 Å². The number of rotatable bonds is 0. The van der Waals surface area contributed by atoms with Crippen molar-refractivity contribution in [3.63, 3.8) is 0 Å². The van der Waals surface area contributed by atoms with Crippen molar-refractivity contribution in [1.82, 2.24) is 0 Å². The number of aromatic hydroxyl groups is 2. The molecule has 1 spiro atoms. The molecule has 1 heterocycles. The number of fused-ring (bicyclic) bond motifs is 1. The monoisotopic (exact) mass is 512 g/mol. The van der Waals surface area contributed by atoms with Gasteiger partial charge in [-0.05, 0) is 46.1 Å². The van der Waals surface area contributed by atoms with Crippen LogP contribution in [-0.4, -0.2) is 48.6 Å². The summed E-state index contributed by atoms with van der Waals surface area (Å²) in [6.45, 7) is 9.45. The van der Waals surface area contributed by atoms with Gasteiger partial charge in [0.25, 0.3) is 0 Å². The van der Waals surface area contributed by atoms with Gasteiger partial charge < -0.3 is 14.9 Å². The molecule has 6 rings (SSSR count). The van der Waals surface area contributed by atoms with E-state index in [2.05, 4.69) is 6.58 Å². The average Bonchev–Trinajstić information content (AvgIpc) is 2.73. The van der Waals surface area contributed by atoms with Gasteiger partial charge in [-0.2, -0.15) is 0 Å². The first-order valence-corrected chi connectivity index (χ1v) is 12.2. The van der Waals surface area contributed by atoms with Gasteiger partial charge >= 0.3 is 0 Å². The molecule has 0 amide bonds. The Morgan fingerprint density at radius 2 is 1.85 bits per heavy atom. The molecule has 5 nitrogen and oxygen atoms in total. The van der Waals surface area contributed by atoms with E-state index in [0.717, 1.165) is 5.57 Å². The zero-order valence-electron chi connectivity index (χ0n) is 18.8. The number of ketones is 2. The summed E-state index contributed by atoms with van der Waals surface area (Å²) in [6, 6.07) is 1.21. The van der Waals surface area contributed by atoms with Crippen LogP contribution in [0.1, 0.15) is 72.7 Å². The van der Waals surface area contributed by atoms with Crippen molar-refractivity contribution in [1.29, 1.82) is 0 Å². The van der Waals surface area contributed by atoms with Crippen molar-refractivity contribution in [3.05, 3.63) is 46.6 Å². The molecule has 4 aliphatic carbocycles. The summed E-state index contributed by atoms with van der Waals surface area (Å²) >= 11 is 20.1. The van der Waals surface area contributed by atoms with Gasteiger partial charge in [-0.25, -0.2) is 0 Å². The number of halogens is 3. The number of carbonyl (C=O) groups excluding carboxylic acids is 2. The van der Waals surface area contributed by atoms with Crippen LogP contribution < -0.4 is 0 Å². The highest BCUT2D eigenvalue weighted by molar-refractivity contribution is 6.45. The second kappa shape index (κ2) is 8.01. The van der Waals surface area contributed by atoms with Gasteiger partial charge in [-0.3, -0.25) is 9.59 Å². The molecule has 4 bridgehead atoms. The molecule has 178 valence electrons. The van der Waals surface area contributed by atoms with Crippen LogP contribution >= 0.6 is 34.8 Å². The summed E-state index contributed by atoms with van der Waals surface area (Å²) in [4.78, 5) is 26.1. The van der Waals surface area contributed by atoms with Gasteiger partial charge in [0.2, 0.25) is 0 Å². The largest absolute Gasteiger partial charge is 0.507 e. The zero-order valence-corrected chi connectivity index (χ0v) is 21.1. The van der Waals surface area contributed by atoms with E-state index >= 15 is 0 Å². The van der Waals surface area contributed by atoms with Crippen LogP contribution in [-0.2, 0) is 11.2 Å². The van der Waals surface area contributed by atoms with Crippen LogP contribution in [0.2, 0.25) is 0 Å². The highest BCUT2D eigenvalue weighted by atomic mass is 35.5. The molecule has 0 saturated carbocycles. The Morgan fingerprint density at radius 3 is 2.52 bits per heavy atom. The standard InChI is InChI=1S/C25H27Cl3O5/c1-12-5-6-16(26)13(2)9-14-17(29)10-15-19(20(14)30)22(32)24(28)11-18(27)23(3,4)33-25(24,8-7-12)21(15)31/h7,10,16,18,29-30H,2,5-6,8-9,11H2,1,3-4H3/t16?,18-,24+,25+/m1/s1. The molecule has 1 aliphatic heterocycles. The summed E-state index contributed by atoms with van der Waals surface area (Å²) in [5, 5.41) is 20.8. The molecule has 2 N–H and O–H groups in total. The molecule has 33 heavy (non-hydrogen) atoms. The zero-order chi connectivity index (χ0) is 24.5. The number of phenols is 2. The molecule has 1 aromatic carbocycles. The summed E-state index contributed by atoms with van der Waals surface area (Å²) in [5.41, 5.74) is -1.40. The number of benzene rings is 1. The lowest BCUT2D eigenvalue weighted by molar-refractivity contribution is -0.157. The number of ether oxygens (including phenoxy) is 1. The molecule has 1 aromatic rings. The minimum absolute atomic E-state index is 0.0217. The number of allylic oxidation sites excluding steroid dienone is 2. The summed E-state index contributed by atoms with van der Waals surface area (Å²) in [6.07, 6.45) is 3.12. The minimum Gasteiger partial charge on any atom is -0.507 e. The molecule has 0 radical (unpaired) electrons. The third-order valence-corrected chi connectivity index (χ3v) is 9.09. The molecular formula is C25H27Cl3O5. The molecular weight excluding hydrogens is 487 g/mol. The van der Waals surface area contributed by atoms with Crippen LogP contribution in [0.25, 0.3) is 0 Å². The second-order valence-electron chi connectivity index (χ2n) is 9.90. The molecule has 0 aromatic heterocycles. The first-order valence-electron chi connectivity index (χ1n) is 10.9. The maximum absolute atomic E-state index is 14.0. The van der Waals surface area contributed by atoms with Gasteiger partial charge in [-0.1, -0.05) is 23.8 Å². The summed E-state index contributed by atoms with van der Waals surface area (Å²) < 4.78 is 6.35. The lowest BCUT2D eigenvalue weighted by Gasteiger charge is -2.56. The SMILES string of the molecule is C=C1Cc2c(O)cc3c(c2O)C(=O)[C@@]2(Cl)C[C@@H](Cl)C(C)(C)O[C@@]2(CC=C(C)CCC1Cl)C3=O. The van der Waals surface area contributed by atoms with Crippen LogP contribution in [0, 0.1) is 0 Å². The highest BCUT2D eigenvalue weighted by Crippen LogP contribution is 2.57. The third kappa shape index (κ3) is 3.54. The number of hydrogen-bond donors (Lipinski definition) is 2. The van der Waals surface area contributed by atoms with Gasteiger partial charge in [-0.15, -0.1) is 34.8 Å². The van der Waals surface area contributed by atoms with Gasteiger partial charge in [0.1, 0.15) is 16.4 Å². The quantitative estimate of drug-likeness (QED) is 0.336. The number of phenolic OH excluding ortho intramolecular Hbond substituents is 2. The normalized spacial score (nSPS) is 34.1. The van der Waals surface area contributed by atoms with Crippen molar-refractivity contribution >= 4 is 46.4 Å². The topological polar surface area (TPSA) is 83.8 Å². The Kier molecular flexibility index (Phi) is 5.97. The third-order valence-electron chi connectivity index (χ3n) is 7.25. The Morgan fingerprint density at radius 1 is 1.18 bits per heavy atom. The summed E-state index contributed by atoms with van der Waals surface area (Å²) in [5.74, 6) is -2.00. The van der Waals surface area contributed by atoms with Crippen molar-refractivity contribution < 1.29 is 24.5 Å². The molecule has 1 unspecified atom stereocenters. The molecule has 4 atom stereocenters. The molecule has 1 saturated heterocycles. The van der Waals surface area contributed by atoms with Crippen molar-refractivity contribution in [2.24, 2.45) is 0 Å². The van der Waals surface area contributed by atoms with Gasteiger partial charge in [0.05, 0.1) is 21.9 Å². The fourth-order valence-corrected chi connectivity index (χ4v) is 6.05. The predicted octanol–water partition coefficient (Wildman–Crippen LogP) is 5.84. The average molecular weight is 514 g/mol. The second-order valence-corrected chi connectivity index (χ2v) is 11.6. The van der Waals surface area contributed by atoms with E-state index < -0.39 is 44.1 Å². The number of Topliss-reactive ketones (excluding diaryl/α,β-unsaturated/α-hetero) is 2. The first-order chi connectivity index (χ1) is 15.2. The van der Waals surface area contributed by atoms with Crippen molar-refractivity contribution in [3.8, 4) is 11.5 Å². The van der Waals surface area contributed by atoms with Crippen LogP contribution in [0.3, 0.4) is 0 Å². The maximum atomic E-state index is 14.0. The van der Waals surface area contributed by atoms with E-state index in [1.807, 2.05) is 13.0 Å². The van der Waals surface area contributed by atoms with E-state index in [9.17, 15) is 19.8 Å². The Hall–Kier alpha value is -1.53.